The zero-order valence-electron chi connectivity index (χ0n) is 12.1. The van der Waals surface area contributed by atoms with Crippen LogP contribution in [0, 0.1) is 0 Å². The van der Waals surface area contributed by atoms with E-state index in [9.17, 15) is 4.79 Å². The van der Waals surface area contributed by atoms with Crippen molar-refractivity contribution >= 4 is 34.2 Å². The third-order valence-electron chi connectivity index (χ3n) is 3.89. The van der Waals surface area contributed by atoms with E-state index in [0.29, 0.717) is 23.2 Å². The van der Waals surface area contributed by atoms with Crippen LogP contribution in [0.15, 0.2) is 24.4 Å². The molecule has 0 unspecified atom stereocenters. The van der Waals surface area contributed by atoms with E-state index in [1.54, 1.807) is 19.2 Å². The van der Waals surface area contributed by atoms with Gasteiger partial charge in [0.1, 0.15) is 0 Å². The van der Waals surface area contributed by atoms with Crippen LogP contribution >= 0.6 is 11.6 Å². The number of carbonyl (C=O) groups is 1. The van der Waals surface area contributed by atoms with Crippen molar-refractivity contribution in [1.29, 1.82) is 0 Å². The van der Waals surface area contributed by atoms with Gasteiger partial charge in [0.2, 0.25) is 0 Å². The standard InChI is InChI=1S/C16H17ClN2O2/c1-3-21-16(20)12-6-11-7-13(17)15(8-14(11)18-9-12)19-5-4-10(19)2/h6-10H,3-5H2,1-2H3/t10-/m0/s1. The second-order valence-corrected chi connectivity index (χ2v) is 5.68. The molecule has 1 aromatic carbocycles. The van der Waals surface area contributed by atoms with Gasteiger partial charge in [0.05, 0.1) is 28.4 Å². The molecule has 1 atom stereocenters. The van der Waals surface area contributed by atoms with Gasteiger partial charge in [-0.1, -0.05) is 11.6 Å². The number of hydrogen-bond acceptors (Lipinski definition) is 4. The van der Waals surface area contributed by atoms with Crippen LogP contribution < -0.4 is 4.90 Å². The van der Waals surface area contributed by atoms with Crippen LogP contribution in [0.4, 0.5) is 5.69 Å². The number of anilines is 1. The molecule has 2 aromatic rings. The Labute approximate surface area is 128 Å². The number of esters is 1. The fourth-order valence-corrected chi connectivity index (χ4v) is 2.84. The topological polar surface area (TPSA) is 42.4 Å². The summed E-state index contributed by atoms with van der Waals surface area (Å²) in [5.74, 6) is -0.358. The van der Waals surface area contributed by atoms with Crippen molar-refractivity contribution in [3.8, 4) is 0 Å². The molecule has 1 aliphatic heterocycles. The van der Waals surface area contributed by atoms with Crippen LogP contribution in [-0.4, -0.2) is 30.1 Å². The fourth-order valence-electron chi connectivity index (χ4n) is 2.56. The number of carbonyl (C=O) groups excluding carboxylic acids is 1. The van der Waals surface area contributed by atoms with Gasteiger partial charge >= 0.3 is 5.97 Å². The minimum absolute atomic E-state index is 0.351. The molecule has 1 saturated heterocycles. The number of rotatable bonds is 3. The number of pyridine rings is 1. The summed E-state index contributed by atoms with van der Waals surface area (Å²) in [7, 11) is 0. The first-order valence-corrected chi connectivity index (χ1v) is 7.51. The molecule has 0 N–H and O–H groups in total. The van der Waals surface area contributed by atoms with Crippen LogP contribution in [0.1, 0.15) is 30.6 Å². The van der Waals surface area contributed by atoms with E-state index in [-0.39, 0.29) is 5.97 Å². The number of halogens is 1. The summed E-state index contributed by atoms with van der Waals surface area (Å²) in [5.41, 5.74) is 2.30. The molecule has 110 valence electrons. The monoisotopic (exact) mass is 304 g/mol. The average Bonchev–Trinajstić information content (AvgIpc) is 2.46. The Morgan fingerprint density at radius 2 is 2.29 bits per heavy atom. The summed E-state index contributed by atoms with van der Waals surface area (Å²) in [6, 6.07) is 6.14. The van der Waals surface area contributed by atoms with Gasteiger partial charge in [-0.3, -0.25) is 4.98 Å². The van der Waals surface area contributed by atoms with Crippen LogP contribution in [0.25, 0.3) is 10.9 Å². The summed E-state index contributed by atoms with van der Waals surface area (Å²) in [6.07, 6.45) is 2.74. The summed E-state index contributed by atoms with van der Waals surface area (Å²) < 4.78 is 4.99. The Morgan fingerprint density at radius 3 is 2.90 bits per heavy atom. The lowest BCUT2D eigenvalue weighted by molar-refractivity contribution is 0.0526. The normalized spacial score (nSPS) is 17.7. The molecule has 0 radical (unpaired) electrons. The largest absolute Gasteiger partial charge is 0.462 e. The maximum Gasteiger partial charge on any atom is 0.339 e. The van der Waals surface area contributed by atoms with Crippen LogP contribution in [-0.2, 0) is 4.74 Å². The highest BCUT2D eigenvalue weighted by molar-refractivity contribution is 6.34. The van der Waals surface area contributed by atoms with Gasteiger partial charge in [-0.2, -0.15) is 0 Å². The first-order chi connectivity index (χ1) is 10.1. The number of ether oxygens (including phenoxy) is 1. The molecule has 0 spiro atoms. The zero-order chi connectivity index (χ0) is 15.0. The van der Waals surface area contributed by atoms with Gasteiger partial charge < -0.3 is 9.64 Å². The maximum absolute atomic E-state index is 11.7. The summed E-state index contributed by atoms with van der Waals surface area (Å²) in [4.78, 5) is 18.4. The third-order valence-corrected chi connectivity index (χ3v) is 4.19. The van der Waals surface area contributed by atoms with Gasteiger partial charge in [0, 0.05) is 24.2 Å². The van der Waals surface area contributed by atoms with Gasteiger partial charge in [-0.15, -0.1) is 0 Å². The molecule has 1 aromatic heterocycles. The van der Waals surface area contributed by atoms with Crippen molar-refractivity contribution < 1.29 is 9.53 Å². The van der Waals surface area contributed by atoms with Crippen LogP contribution in [0.2, 0.25) is 5.02 Å². The smallest absolute Gasteiger partial charge is 0.339 e. The van der Waals surface area contributed by atoms with E-state index >= 15 is 0 Å². The second-order valence-electron chi connectivity index (χ2n) is 5.27. The molecule has 1 fully saturated rings. The highest BCUT2D eigenvalue weighted by Gasteiger charge is 2.25. The minimum Gasteiger partial charge on any atom is -0.462 e. The molecule has 0 bridgehead atoms. The molecule has 0 saturated carbocycles. The summed E-state index contributed by atoms with van der Waals surface area (Å²) >= 11 is 6.38. The molecule has 0 amide bonds. The van der Waals surface area contributed by atoms with Gasteiger partial charge in [-0.05, 0) is 38.5 Å². The number of nitrogens with zero attached hydrogens (tertiary/aromatic N) is 2. The SMILES string of the molecule is CCOC(=O)c1cnc2cc(N3CC[C@@H]3C)c(Cl)cc2c1. The van der Waals surface area contributed by atoms with Crippen molar-refractivity contribution in [2.75, 3.05) is 18.1 Å². The first-order valence-electron chi connectivity index (χ1n) is 7.13. The van der Waals surface area contributed by atoms with Gasteiger partial charge in [0.15, 0.2) is 0 Å². The average molecular weight is 305 g/mol. The minimum atomic E-state index is -0.358. The third kappa shape index (κ3) is 2.56. The number of benzene rings is 1. The first kappa shape index (κ1) is 14.1. The molecule has 4 nitrogen and oxygen atoms in total. The number of fused-ring (bicyclic) bond motifs is 1. The maximum atomic E-state index is 11.7. The molecule has 2 heterocycles. The zero-order valence-corrected chi connectivity index (χ0v) is 12.9. The lowest BCUT2D eigenvalue weighted by Gasteiger charge is -2.41. The predicted molar refractivity (Wildman–Crippen MR) is 84.1 cm³/mol. The Bertz CT molecular complexity index is 702. The molecule has 3 rings (SSSR count). The lowest BCUT2D eigenvalue weighted by atomic mass is 10.0. The summed E-state index contributed by atoms with van der Waals surface area (Å²) in [5, 5.41) is 1.54. The van der Waals surface area contributed by atoms with Crippen molar-refractivity contribution in [3.05, 3.63) is 35.0 Å². The Hall–Kier alpha value is -1.81. The second kappa shape index (κ2) is 5.53. The fraction of sp³-hybridized carbons (Fsp3) is 0.375. The van der Waals surface area contributed by atoms with Gasteiger partial charge in [0.25, 0.3) is 0 Å². The lowest BCUT2D eigenvalue weighted by Crippen LogP contribution is -2.45. The molecule has 0 aliphatic carbocycles. The molecule has 1 aliphatic rings. The van der Waals surface area contributed by atoms with E-state index in [2.05, 4.69) is 16.8 Å². The van der Waals surface area contributed by atoms with Crippen LogP contribution in [0.5, 0.6) is 0 Å². The van der Waals surface area contributed by atoms with Crippen molar-refractivity contribution in [1.82, 2.24) is 4.98 Å². The van der Waals surface area contributed by atoms with Crippen molar-refractivity contribution in [2.45, 2.75) is 26.3 Å². The Kier molecular flexibility index (Phi) is 3.72. The van der Waals surface area contributed by atoms with Crippen molar-refractivity contribution in [2.24, 2.45) is 0 Å². The van der Waals surface area contributed by atoms with E-state index in [4.69, 9.17) is 16.3 Å². The molecule has 5 heteroatoms. The highest BCUT2D eigenvalue weighted by atomic mass is 35.5. The van der Waals surface area contributed by atoms with E-state index in [1.165, 1.54) is 6.42 Å². The van der Waals surface area contributed by atoms with E-state index in [1.807, 2.05) is 12.1 Å². The van der Waals surface area contributed by atoms with Crippen molar-refractivity contribution in [3.63, 3.8) is 0 Å². The number of hydrogen-bond donors (Lipinski definition) is 0. The predicted octanol–water partition coefficient (Wildman–Crippen LogP) is 3.66. The van der Waals surface area contributed by atoms with E-state index < -0.39 is 0 Å². The summed E-state index contributed by atoms with van der Waals surface area (Å²) in [6.45, 7) is 5.34. The molecule has 21 heavy (non-hydrogen) atoms. The number of aromatic nitrogens is 1. The Balaban J connectivity index is 2.00. The molecular weight excluding hydrogens is 288 g/mol. The van der Waals surface area contributed by atoms with Crippen LogP contribution in [0.3, 0.4) is 0 Å². The van der Waals surface area contributed by atoms with E-state index in [0.717, 1.165) is 23.1 Å². The highest BCUT2D eigenvalue weighted by Crippen LogP contribution is 2.35. The Morgan fingerprint density at radius 1 is 1.48 bits per heavy atom. The quantitative estimate of drug-likeness (QED) is 0.812. The van der Waals surface area contributed by atoms with Gasteiger partial charge in [-0.25, -0.2) is 4.79 Å². The molecular formula is C16H17ClN2O2.